The Bertz CT molecular complexity index is 155. The van der Waals surface area contributed by atoms with Gasteiger partial charge in [0.1, 0.15) is 0 Å². The van der Waals surface area contributed by atoms with Crippen molar-refractivity contribution in [1.29, 1.82) is 0 Å². The van der Waals surface area contributed by atoms with Gasteiger partial charge in [-0.15, -0.1) is 0 Å². The Morgan fingerprint density at radius 1 is 1.33 bits per heavy atom. The molecule has 0 spiro atoms. The van der Waals surface area contributed by atoms with Crippen molar-refractivity contribution in [3.8, 4) is 0 Å². The Morgan fingerprint density at radius 2 is 2.13 bits per heavy atom. The molecule has 0 radical (unpaired) electrons. The van der Waals surface area contributed by atoms with E-state index in [2.05, 4.69) is 18.7 Å². The lowest BCUT2D eigenvalue weighted by molar-refractivity contribution is 0.135. The lowest BCUT2D eigenvalue weighted by atomic mass is 9.97. The van der Waals surface area contributed by atoms with Crippen molar-refractivity contribution in [3.05, 3.63) is 0 Å². The summed E-state index contributed by atoms with van der Waals surface area (Å²) in [7, 11) is 0. The van der Waals surface area contributed by atoms with Gasteiger partial charge in [-0.05, 0) is 51.2 Å². The summed E-state index contributed by atoms with van der Waals surface area (Å²) in [6.07, 6.45) is 8.10. The van der Waals surface area contributed by atoms with Gasteiger partial charge in [-0.3, -0.25) is 0 Å². The van der Waals surface area contributed by atoms with Gasteiger partial charge < -0.3 is 10.6 Å². The second-order valence-electron chi connectivity index (χ2n) is 4.89. The van der Waals surface area contributed by atoms with Crippen molar-refractivity contribution in [3.63, 3.8) is 0 Å². The van der Waals surface area contributed by atoms with E-state index < -0.39 is 0 Å². The van der Waals surface area contributed by atoms with E-state index in [4.69, 9.17) is 5.73 Å². The van der Waals surface area contributed by atoms with Gasteiger partial charge in [-0.25, -0.2) is 0 Å². The van der Waals surface area contributed by atoms with Crippen molar-refractivity contribution < 1.29 is 0 Å². The van der Waals surface area contributed by atoms with E-state index in [1.807, 2.05) is 0 Å². The SMILES string of the molecule is CCC(CN)CCN1CCCCC1CC. The summed E-state index contributed by atoms with van der Waals surface area (Å²) in [5.41, 5.74) is 5.75. The van der Waals surface area contributed by atoms with Crippen LogP contribution >= 0.6 is 0 Å². The first-order valence-electron chi connectivity index (χ1n) is 6.75. The highest BCUT2D eigenvalue weighted by molar-refractivity contribution is 4.76. The number of piperidine rings is 1. The minimum atomic E-state index is 0.740. The average Bonchev–Trinajstić information content (AvgIpc) is 2.31. The molecule has 0 bridgehead atoms. The Morgan fingerprint density at radius 3 is 2.73 bits per heavy atom. The van der Waals surface area contributed by atoms with Gasteiger partial charge in [0.15, 0.2) is 0 Å². The summed E-state index contributed by atoms with van der Waals surface area (Å²) < 4.78 is 0. The molecular formula is C13H28N2. The molecule has 0 aromatic carbocycles. The summed E-state index contributed by atoms with van der Waals surface area (Å²) in [6, 6.07) is 0.856. The molecule has 90 valence electrons. The summed E-state index contributed by atoms with van der Waals surface area (Å²) in [5, 5.41) is 0. The number of likely N-dealkylation sites (tertiary alicyclic amines) is 1. The third kappa shape index (κ3) is 4.12. The quantitative estimate of drug-likeness (QED) is 0.733. The van der Waals surface area contributed by atoms with Crippen LogP contribution < -0.4 is 5.73 Å². The molecule has 1 rings (SSSR count). The maximum Gasteiger partial charge on any atom is 0.00926 e. The van der Waals surface area contributed by atoms with Crippen LogP contribution in [-0.2, 0) is 0 Å². The second kappa shape index (κ2) is 7.24. The van der Waals surface area contributed by atoms with Crippen molar-refractivity contribution in [1.82, 2.24) is 4.90 Å². The van der Waals surface area contributed by atoms with Gasteiger partial charge in [0, 0.05) is 6.04 Å². The lowest BCUT2D eigenvalue weighted by Gasteiger charge is -2.35. The van der Waals surface area contributed by atoms with Gasteiger partial charge in [-0.2, -0.15) is 0 Å². The molecule has 2 N–H and O–H groups in total. The zero-order valence-electron chi connectivity index (χ0n) is 10.5. The second-order valence-corrected chi connectivity index (χ2v) is 4.89. The molecule has 0 aliphatic carbocycles. The zero-order valence-corrected chi connectivity index (χ0v) is 10.5. The van der Waals surface area contributed by atoms with Crippen LogP contribution in [-0.4, -0.2) is 30.6 Å². The van der Waals surface area contributed by atoms with Crippen LogP contribution in [0.5, 0.6) is 0 Å². The molecular weight excluding hydrogens is 184 g/mol. The molecule has 0 aromatic heterocycles. The number of nitrogens with two attached hydrogens (primary N) is 1. The fourth-order valence-electron chi connectivity index (χ4n) is 2.65. The van der Waals surface area contributed by atoms with Crippen LogP contribution in [0.1, 0.15) is 52.4 Å². The van der Waals surface area contributed by atoms with E-state index >= 15 is 0 Å². The maximum absolute atomic E-state index is 5.75. The Hall–Kier alpha value is -0.0800. The summed E-state index contributed by atoms with van der Waals surface area (Å²) in [4.78, 5) is 2.70. The maximum atomic E-state index is 5.75. The first kappa shape index (κ1) is 13.0. The average molecular weight is 212 g/mol. The van der Waals surface area contributed by atoms with Crippen LogP contribution in [0.2, 0.25) is 0 Å². The minimum absolute atomic E-state index is 0.740. The Balaban J connectivity index is 2.28. The predicted molar refractivity (Wildman–Crippen MR) is 67.0 cm³/mol. The zero-order chi connectivity index (χ0) is 11.1. The normalized spacial score (nSPS) is 25.4. The third-order valence-electron chi connectivity index (χ3n) is 3.96. The topological polar surface area (TPSA) is 29.3 Å². The van der Waals surface area contributed by atoms with Crippen molar-refractivity contribution in [2.45, 2.75) is 58.4 Å². The summed E-state index contributed by atoms with van der Waals surface area (Å²) in [6.45, 7) is 8.03. The Kier molecular flexibility index (Phi) is 6.26. The highest BCUT2D eigenvalue weighted by atomic mass is 15.2. The fourth-order valence-corrected chi connectivity index (χ4v) is 2.65. The Labute approximate surface area is 95.2 Å². The van der Waals surface area contributed by atoms with Crippen molar-refractivity contribution >= 4 is 0 Å². The van der Waals surface area contributed by atoms with Gasteiger partial charge in [-0.1, -0.05) is 26.7 Å². The molecule has 1 aliphatic heterocycles. The molecule has 0 amide bonds. The minimum Gasteiger partial charge on any atom is -0.330 e. The van der Waals surface area contributed by atoms with E-state index in [-0.39, 0.29) is 0 Å². The lowest BCUT2D eigenvalue weighted by Crippen LogP contribution is -2.40. The van der Waals surface area contributed by atoms with Crippen LogP contribution in [0.4, 0.5) is 0 Å². The molecule has 1 aliphatic rings. The molecule has 1 fully saturated rings. The largest absolute Gasteiger partial charge is 0.330 e. The standard InChI is InChI=1S/C13H28N2/c1-3-12(11-14)8-10-15-9-6-5-7-13(15)4-2/h12-13H,3-11,14H2,1-2H3. The van der Waals surface area contributed by atoms with Crippen LogP contribution in [0.3, 0.4) is 0 Å². The van der Waals surface area contributed by atoms with Gasteiger partial charge >= 0.3 is 0 Å². The van der Waals surface area contributed by atoms with Crippen LogP contribution in [0.25, 0.3) is 0 Å². The van der Waals surface area contributed by atoms with E-state index in [1.54, 1.807) is 0 Å². The fraction of sp³-hybridized carbons (Fsp3) is 1.00. The molecule has 1 heterocycles. The van der Waals surface area contributed by atoms with E-state index in [0.29, 0.717) is 0 Å². The van der Waals surface area contributed by atoms with Crippen LogP contribution in [0.15, 0.2) is 0 Å². The first-order chi connectivity index (χ1) is 7.31. The van der Waals surface area contributed by atoms with E-state index in [0.717, 1.165) is 18.5 Å². The summed E-state index contributed by atoms with van der Waals surface area (Å²) >= 11 is 0. The molecule has 0 aromatic rings. The monoisotopic (exact) mass is 212 g/mol. The van der Waals surface area contributed by atoms with Crippen LogP contribution in [0, 0.1) is 5.92 Å². The van der Waals surface area contributed by atoms with Gasteiger partial charge in [0.25, 0.3) is 0 Å². The number of rotatable bonds is 6. The highest BCUT2D eigenvalue weighted by Gasteiger charge is 2.20. The molecule has 15 heavy (non-hydrogen) atoms. The number of hydrogen-bond acceptors (Lipinski definition) is 2. The predicted octanol–water partition coefficient (Wildman–Crippen LogP) is 2.63. The van der Waals surface area contributed by atoms with Crippen molar-refractivity contribution in [2.75, 3.05) is 19.6 Å². The smallest absolute Gasteiger partial charge is 0.00926 e. The first-order valence-corrected chi connectivity index (χ1v) is 6.75. The van der Waals surface area contributed by atoms with Crippen molar-refractivity contribution in [2.24, 2.45) is 11.7 Å². The molecule has 2 atom stereocenters. The molecule has 1 saturated heterocycles. The molecule has 0 saturated carbocycles. The number of nitrogens with zero attached hydrogens (tertiary/aromatic N) is 1. The van der Waals surface area contributed by atoms with E-state index in [9.17, 15) is 0 Å². The number of hydrogen-bond donors (Lipinski definition) is 1. The molecule has 2 unspecified atom stereocenters. The molecule has 2 heteroatoms. The van der Waals surface area contributed by atoms with Gasteiger partial charge in [0.2, 0.25) is 0 Å². The summed E-state index contributed by atoms with van der Waals surface area (Å²) in [5.74, 6) is 0.740. The molecule has 2 nitrogen and oxygen atoms in total. The van der Waals surface area contributed by atoms with E-state index in [1.165, 1.54) is 51.6 Å². The van der Waals surface area contributed by atoms with Gasteiger partial charge in [0.05, 0.1) is 0 Å². The highest BCUT2D eigenvalue weighted by Crippen LogP contribution is 2.20. The third-order valence-corrected chi connectivity index (χ3v) is 3.96.